The largest absolute Gasteiger partial charge is 0.316 e. The second kappa shape index (κ2) is 5.34. The van der Waals surface area contributed by atoms with Crippen molar-refractivity contribution < 1.29 is 0 Å². The SMILES string of the molecule is CNC(C1CCCCC1)C1CCC(C)C1. The van der Waals surface area contributed by atoms with E-state index in [0.717, 1.165) is 23.8 Å². The molecule has 2 aliphatic rings. The fourth-order valence-electron chi connectivity index (χ4n) is 3.93. The molecule has 1 N–H and O–H groups in total. The van der Waals surface area contributed by atoms with E-state index in [9.17, 15) is 0 Å². The Balaban J connectivity index is 1.90. The third-order valence-electron chi connectivity index (χ3n) is 4.73. The molecule has 0 heterocycles. The van der Waals surface area contributed by atoms with Crippen LogP contribution >= 0.6 is 0 Å². The first kappa shape index (κ1) is 11.4. The molecule has 2 fully saturated rings. The highest BCUT2D eigenvalue weighted by molar-refractivity contribution is 4.88. The molecule has 2 rings (SSSR count). The van der Waals surface area contributed by atoms with Gasteiger partial charge in [0.15, 0.2) is 0 Å². The maximum absolute atomic E-state index is 3.63. The highest BCUT2D eigenvalue weighted by atomic mass is 14.9. The zero-order valence-corrected chi connectivity index (χ0v) is 10.5. The Kier molecular flexibility index (Phi) is 4.07. The van der Waals surface area contributed by atoms with Crippen molar-refractivity contribution in [3.8, 4) is 0 Å². The van der Waals surface area contributed by atoms with Crippen molar-refractivity contribution >= 4 is 0 Å². The highest BCUT2D eigenvalue weighted by Gasteiger charge is 2.33. The van der Waals surface area contributed by atoms with Crippen molar-refractivity contribution in [2.24, 2.45) is 17.8 Å². The Labute approximate surface area is 95.0 Å². The summed E-state index contributed by atoms with van der Waals surface area (Å²) in [5, 5.41) is 3.63. The molecule has 2 saturated carbocycles. The Morgan fingerprint density at radius 1 is 0.933 bits per heavy atom. The summed E-state index contributed by atoms with van der Waals surface area (Å²) in [6, 6.07) is 0.829. The number of rotatable bonds is 3. The van der Waals surface area contributed by atoms with Crippen molar-refractivity contribution in [2.75, 3.05) is 7.05 Å². The molecule has 0 aliphatic heterocycles. The van der Waals surface area contributed by atoms with Gasteiger partial charge in [-0.25, -0.2) is 0 Å². The Morgan fingerprint density at radius 2 is 1.67 bits per heavy atom. The lowest BCUT2D eigenvalue weighted by atomic mass is 9.78. The Hall–Kier alpha value is -0.0400. The monoisotopic (exact) mass is 209 g/mol. The zero-order chi connectivity index (χ0) is 10.7. The van der Waals surface area contributed by atoms with Crippen LogP contribution < -0.4 is 5.32 Å². The fourth-order valence-corrected chi connectivity index (χ4v) is 3.93. The summed E-state index contributed by atoms with van der Waals surface area (Å²) in [5.41, 5.74) is 0. The van der Waals surface area contributed by atoms with Crippen LogP contribution in [-0.4, -0.2) is 13.1 Å². The van der Waals surface area contributed by atoms with E-state index in [4.69, 9.17) is 0 Å². The molecule has 88 valence electrons. The van der Waals surface area contributed by atoms with Gasteiger partial charge in [-0.05, 0) is 50.5 Å². The van der Waals surface area contributed by atoms with Crippen molar-refractivity contribution in [1.82, 2.24) is 5.32 Å². The molecule has 1 heteroatoms. The molecular formula is C14H27N. The third-order valence-corrected chi connectivity index (χ3v) is 4.73. The lowest BCUT2D eigenvalue weighted by Crippen LogP contribution is -2.40. The first-order valence-corrected chi connectivity index (χ1v) is 6.98. The molecule has 0 bridgehead atoms. The van der Waals surface area contributed by atoms with Gasteiger partial charge in [-0.1, -0.05) is 32.6 Å². The average Bonchev–Trinajstić information content (AvgIpc) is 2.68. The first-order valence-electron chi connectivity index (χ1n) is 6.98. The van der Waals surface area contributed by atoms with E-state index in [1.807, 2.05) is 0 Å². The molecule has 0 saturated heterocycles. The van der Waals surface area contributed by atoms with E-state index in [2.05, 4.69) is 19.3 Å². The predicted octanol–water partition coefficient (Wildman–Crippen LogP) is 3.59. The number of hydrogen-bond acceptors (Lipinski definition) is 1. The molecule has 3 unspecified atom stereocenters. The number of nitrogens with one attached hydrogen (secondary N) is 1. The van der Waals surface area contributed by atoms with E-state index < -0.39 is 0 Å². The first-order chi connectivity index (χ1) is 7.31. The van der Waals surface area contributed by atoms with Crippen LogP contribution in [0.1, 0.15) is 58.3 Å². The number of hydrogen-bond donors (Lipinski definition) is 1. The van der Waals surface area contributed by atoms with Gasteiger partial charge in [0.05, 0.1) is 0 Å². The van der Waals surface area contributed by atoms with Gasteiger partial charge in [-0.3, -0.25) is 0 Å². The normalized spacial score (nSPS) is 35.6. The minimum Gasteiger partial charge on any atom is -0.316 e. The molecule has 0 radical (unpaired) electrons. The molecule has 1 nitrogen and oxygen atoms in total. The van der Waals surface area contributed by atoms with Crippen molar-refractivity contribution in [3.63, 3.8) is 0 Å². The van der Waals surface area contributed by atoms with Crippen LogP contribution in [0.25, 0.3) is 0 Å². The van der Waals surface area contributed by atoms with Crippen LogP contribution in [0.15, 0.2) is 0 Å². The molecule has 15 heavy (non-hydrogen) atoms. The summed E-state index contributed by atoms with van der Waals surface area (Å²) in [7, 11) is 2.18. The summed E-state index contributed by atoms with van der Waals surface area (Å²) in [6.45, 7) is 2.42. The quantitative estimate of drug-likeness (QED) is 0.749. The van der Waals surface area contributed by atoms with E-state index >= 15 is 0 Å². The molecule has 0 aromatic carbocycles. The van der Waals surface area contributed by atoms with Gasteiger partial charge in [-0.2, -0.15) is 0 Å². The van der Waals surface area contributed by atoms with Crippen LogP contribution in [0, 0.1) is 17.8 Å². The standard InChI is InChI=1S/C14H27N/c1-11-8-9-13(10-11)14(15-2)12-6-4-3-5-7-12/h11-15H,3-10H2,1-2H3. The van der Waals surface area contributed by atoms with Crippen LogP contribution in [0.2, 0.25) is 0 Å². The van der Waals surface area contributed by atoms with E-state index in [1.165, 1.54) is 51.4 Å². The molecule has 2 aliphatic carbocycles. The second-order valence-corrected chi connectivity index (χ2v) is 5.89. The summed E-state index contributed by atoms with van der Waals surface area (Å²) in [4.78, 5) is 0. The van der Waals surface area contributed by atoms with E-state index in [-0.39, 0.29) is 0 Å². The second-order valence-electron chi connectivity index (χ2n) is 5.89. The molecule has 0 aromatic heterocycles. The Bertz CT molecular complexity index is 179. The molecule has 0 amide bonds. The molecular weight excluding hydrogens is 182 g/mol. The van der Waals surface area contributed by atoms with Gasteiger partial charge in [0, 0.05) is 6.04 Å². The maximum atomic E-state index is 3.63. The van der Waals surface area contributed by atoms with E-state index in [1.54, 1.807) is 0 Å². The van der Waals surface area contributed by atoms with Crippen molar-refractivity contribution in [3.05, 3.63) is 0 Å². The van der Waals surface area contributed by atoms with Crippen LogP contribution in [-0.2, 0) is 0 Å². The average molecular weight is 209 g/mol. The van der Waals surface area contributed by atoms with Crippen LogP contribution in [0.5, 0.6) is 0 Å². The lowest BCUT2D eigenvalue weighted by molar-refractivity contribution is 0.214. The van der Waals surface area contributed by atoms with Crippen molar-refractivity contribution in [2.45, 2.75) is 64.3 Å². The minimum atomic E-state index is 0.829. The van der Waals surface area contributed by atoms with Crippen LogP contribution in [0.3, 0.4) is 0 Å². The van der Waals surface area contributed by atoms with Gasteiger partial charge in [-0.15, -0.1) is 0 Å². The van der Waals surface area contributed by atoms with Gasteiger partial charge < -0.3 is 5.32 Å². The van der Waals surface area contributed by atoms with Gasteiger partial charge >= 0.3 is 0 Å². The summed E-state index contributed by atoms with van der Waals surface area (Å²) in [5.74, 6) is 2.95. The van der Waals surface area contributed by atoms with Gasteiger partial charge in [0.25, 0.3) is 0 Å². The molecule has 3 atom stereocenters. The smallest absolute Gasteiger partial charge is 0.0121 e. The topological polar surface area (TPSA) is 12.0 Å². The predicted molar refractivity (Wildman–Crippen MR) is 65.9 cm³/mol. The third kappa shape index (κ3) is 2.75. The highest BCUT2D eigenvalue weighted by Crippen LogP contribution is 2.38. The fraction of sp³-hybridized carbons (Fsp3) is 1.00. The maximum Gasteiger partial charge on any atom is 0.0121 e. The van der Waals surface area contributed by atoms with Crippen LogP contribution in [0.4, 0.5) is 0 Å². The minimum absolute atomic E-state index is 0.829. The molecule has 0 aromatic rings. The van der Waals surface area contributed by atoms with Crippen molar-refractivity contribution in [1.29, 1.82) is 0 Å². The summed E-state index contributed by atoms with van der Waals surface area (Å²) in [6.07, 6.45) is 11.8. The summed E-state index contributed by atoms with van der Waals surface area (Å²) >= 11 is 0. The summed E-state index contributed by atoms with van der Waals surface area (Å²) < 4.78 is 0. The molecule has 0 spiro atoms. The zero-order valence-electron chi connectivity index (χ0n) is 10.5. The van der Waals surface area contributed by atoms with Gasteiger partial charge in [0.2, 0.25) is 0 Å². The Morgan fingerprint density at radius 3 is 2.20 bits per heavy atom. The lowest BCUT2D eigenvalue weighted by Gasteiger charge is -2.34. The van der Waals surface area contributed by atoms with E-state index in [0.29, 0.717) is 0 Å². The van der Waals surface area contributed by atoms with Gasteiger partial charge in [0.1, 0.15) is 0 Å².